The van der Waals surface area contributed by atoms with E-state index in [2.05, 4.69) is 32.1 Å². The molecule has 1 aromatic carbocycles. The highest BCUT2D eigenvalue weighted by Gasteiger charge is 2.15. The zero-order chi connectivity index (χ0) is 21.6. The molecule has 7 nitrogen and oxygen atoms in total. The fraction of sp³-hybridized carbons (Fsp3) is 0.136. The molecule has 4 aromatic rings. The van der Waals surface area contributed by atoms with E-state index in [1.54, 1.807) is 18.5 Å². The molecule has 0 bridgehead atoms. The van der Waals surface area contributed by atoms with Gasteiger partial charge in [-0.1, -0.05) is 47.7 Å². The third-order valence-electron chi connectivity index (χ3n) is 4.40. The Morgan fingerprint density at radius 2 is 1.94 bits per heavy atom. The Balaban J connectivity index is 1.41. The SMILES string of the molecule is C=CCn1c(SCC(=O)Nc2nc(-c3ccc(C)cc3)cs2)nnc1-c1ccncc1. The van der Waals surface area contributed by atoms with E-state index < -0.39 is 0 Å². The molecule has 0 fully saturated rings. The lowest BCUT2D eigenvalue weighted by Crippen LogP contribution is -2.14. The summed E-state index contributed by atoms with van der Waals surface area (Å²) in [6.45, 7) is 6.40. The first-order valence-corrected chi connectivity index (χ1v) is 11.4. The van der Waals surface area contributed by atoms with Crippen LogP contribution in [0, 0.1) is 6.92 Å². The summed E-state index contributed by atoms with van der Waals surface area (Å²) in [6.07, 6.45) is 5.20. The molecular weight excluding hydrogens is 428 g/mol. The number of rotatable bonds is 8. The van der Waals surface area contributed by atoms with E-state index in [1.165, 1.54) is 28.7 Å². The van der Waals surface area contributed by atoms with Crippen LogP contribution in [0.5, 0.6) is 0 Å². The van der Waals surface area contributed by atoms with Crippen LogP contribution >= 0.6 is 23.1 Å². The summed E-state index contributed by atoms with van der Waals surface area (Å²) in [4.78, 5) is 21.0. The van der Waals surface area contributed by atoms with Crippen molar-refractivity contribution in [1.82, 2.24) is 24.7 Å². The lowest BCUT2D eigenvalue weighted by molar-refractivity contribution is -0.113. The normalized spacial score (nSPS) is 10.7. The first kappa shape index (κ1) is 21.0. The van der Waals surface area contributed by atoms with Gasteiger partial charge in [-0.15, -0.1) is 28.1 Å². The average molecular weight is 449 g/mol. The number of benzene rings is 1. The molecule has 3 heterocycles. The summed E-state index contributed by atoms with van der Waals surface area (Å²) in [5.41, 5.74) is 3.98. The Hall–Kier alpha value is -3.30. The largest absolute Gasteiger partial charge is 0.301 e. The van der Waals surface area contributed by atoms with E-state index in [9.17, 15) is 4.79 Å². The number of anilines is 1. The number of hydrogen-bond acceptors (Lipinski definition) is 7. The van der Waals surface area contributed by atoms with E-state index in [4.69, 9.17) is 0 Å². The van der Waals surface area contributed by atoms with Gasteiger partial charge in [0, 0.05) is 35.4 Å². The quantitative estimate of drug-likeness (QED) is 0.311. The van der Waals surface area contributed by atoms with Crippen LogP contribution < -0.4 is 5.32 Å². The summed E-state index contributed by atoms with van der Waals surface area (Å²) < 4.78 is 1.93. The minimum Gasteiger partial charge on any atom is -0.301 e. The number of nitrogens with zero attached hydrogens (tertiary/aromatic N) is 5. The maximum Gasteiger partial charge on any atom is 0.236 e. The zero-order valence-electron chi connectivity index (χ0n) is 16.9. The topological polar surface area (TPSA) is 85.6 Å². The lowest BCUT2D eigenvalue weighted by atomic mass is 10.1. The highest BCUT2D eigenvalue weighted by Crippen LogP contribution is 2.26. The van der Waals surface area contributed by atoms with Crippen molar-refractivity contribution in [3.8, 4) is 22.6 Å². The predicted molar refractivity (Wildman–Crippen MR) is 125 cm³/mol. The molecule has 0 aliphatic rings. The van der Waals surface area contributed by atoms with Crippen LogP contribution in [0.4, 0.5) is 5.13 Å². The molecule has 4 rings (SSSR count). The fourth-order valence-electron chi connectivity index (χ4n) is 2.88. The smallest absolute Gasteiger partial charge is 0.236 e. The fourth-order valence-corrected chi connectivity index (χ4v) is 4.36. The highest BCUT2D eigenvalue weighted by molar-refractivity contribution is 7.99. The lowest BCUT2D eigenvalue weighted by Gasteiger charge is -2.07. The first-order valence-electron chi connectivity index (χ1n) is 9.54. The van der Waals surface area contributed by atoms with Gasteiger partial charge in [-0.2, -0.15) is 0 Å². The minimum absolute atomic E-state index is 0.145. The molecular formula is C22H20N6OS2. The van der Waals surface area contributed by atoms with Crippen molar-refractivity contribution >= 4 is 34.1 Å². The second kappa shape index (κ2) is 9.67. The van der Waals surface area contributed by atoms with Gasteiger partial charge in [-0.3, -0.25) is 14.3 Å². The number of carbonyl (C=O) groups excluding carboxylic acids is 1. The Morgan fingerprint density at radius 1 is 1.16 bits per heavy atom. The number of amides is 1. The summed E-state index contributed by atoms with van der Waals surface area (Å²) in [7, 11) is 0. The number of thioether (sulfide) groups is 1. The van der Waals surface area contributed by atoms with Gasteiger partial charge in [0.1, 0.15) is 0 Å². The zero-order valence-corrected chi connectivity index (χ0v) is 18.5. The van der Waals surface area contributed by atoms with Crippen molar-refractivity contribution in [3.63, 3.8) is 0 Å². The molecule has 0 atom stereocenters. The van der Waals surface area contributed by atoms with Gasteiger partial charge < -0.3 is 5.32 Å². The summed E-state index contributed by atoms with van der Waals surface area (Å²) >= 11 is 2.73. The van der Waals surface area contributed by atoms with Crippen LogP contribution in [-0.2, 0) is 11.3 Å². The molecule has 0 aliphatic carbocycles. The Labute approximate surface area is 188 Å². The van der Waals surface area contributed by atoms with Gasteiger partial charge in [0.25, 0.3) is 0 Å². The minimum atomic E-state index is -0.145. The second-order valence-electron chi connectivity index (χ2n) is 6.68. The van der Waals surface area contributed by atoms with Crippen LogP contribution in [0.25, 0.3) is 22.6 Å². The third kappa shape index (κ3) is 5.07. The Kier molecular flexibility index (Phi) is 6.54. The first-order chi connectivity index (χ1) is 15.1. The van der Waals surface area contributed by atoms with Gasteiger partial charge in [-0.05, 0) is 19.1 Å². The van der Waals surface area contributed by atoms with Crippen molar-refractivity contribution in [2.45, 2.75) is 18.6 Å². The molecule has 3 aromatic heterocycles. The van der Waals surface area contributed by atoms with Crippen molar-refractivity contribution in [2.75, 3.05) is 11.1 Å². The van der Waals surface area contributed by atoms with Crippen molar-refractivity contribution in [3.05, 3.63) is 72.4 Å². The molecule has 1 amide bonds. The summed E-state index contributed by atoms with van der Waals surface area (Å²) in [6, 6.07) is 11.9. The van der Waals surface area contributed by atoms with Gasteiger partial charge in [-0.25, -0.2) is 4.98 Å². The standard InChI is InChI=1S/C22H20N6OS2/c1-3-12-28-20(17-8-10-23-11-9-17)26-27-22(28)31-14-19(29)25-21-24-18(13-30-21)16-6-4-15(2)5-7-16/h3-11,13H,1,12,14H2,2H3,(H,24,25,29). The number of pyridine rings is 1. The number of aromatic nitrogens is 5. The van der Waals surface area contributed by atoms with E-state index in [1.807, 2.05) is 53.3 Å². The molecule has 9 heteroatoms. The molecule has 0 aliphatic heterocycles. The van der Waals surface area contributed by atoms with Crippen molar-refractivity contribution in [2.24, 2.45) is 0 Å². The molecule has 0 radical (unpaired) electrons. The van der Waals surface area contributed by atoms with Crippen molar-refractivity contribution < 1.29 is 4.79 Å². The number of thiazole rings is 1. The second-order valence-corrected chi connectivity index (χ2v) is 8.48. The van der Waals surface area contributed by atoms with Crippen molar-refractivity contribution in [1.29, 1.82) is 0 Å². The number of nitrogens with one attached hydrogen (secondary N) is 1. The van der Waals surface area contributed by atoms with Gasteiger partial charge in [0.15, 0.2) is 16.1 Å². The number of hydrogen-bond donors (Lipinski definition) is 1. The molecule has 0 saturated heterocycles. The third-order valence-corrected chi connectivity index (χ3v) is 6.12. The van der Waals surface area contributed by atoms with E-state index in [0.717, 1.165) is 16.8 Å². The van der Waals surface area contributed by atoms with Crippen LogP contribution in [-0.4, -0.2) is 36.4 Å². The predicted octanol–water partition coefficient (Wildman–Crippen LogP) is 4.69. The van der Waals surface area contributed by atoms with E-state index >= 15 is 0 Å². The molecule has 0 spiro atoms. The molecule has 156 valence electrons. The van der Waals surface area contributed by atoms with Gasteiger partial charge >= 0.3 is 0 Å². The number of allylic oxidation sites excluding steroid dienone is 1. The van der Waals surface area contributed by atoms with Crippen LogP contribution in [0.15, 0.2) is 72.0 Å². The maximum absolute atomic E-state index is 12.5. The summed E-state index contributed by atoms with van der Waals surface area (Å²) in [5, 5.41) is 14.6. The monoisotopic (exact) mass is 448 g/mol. The van der Waals surface area contributed by atoms with E-state index in [-0.39, 0.29) is 11.7 Å². The Morgan fingerprint density at radius 3 is 2.68 bits per heavy atom. The summed E-state index contributed by atoms with van der Waals surface area (Å²) in [5.74, 6) is 0.770. The average Bonchev–Trinajstić information content (AvgIpc) is 3.41. The van der Waals surface area contributed by atoms with Crippen LogP contribution in [0.3, 0.4) is 0 Å². The van der Waals surface area contributed by atoms with Gasteiger partial charge in [0.05, 0.1) is 11.4 Å². The van der Waals surface area contributed by atoms with Crippen LogP contribution in [0.2, 0.25) is 0 Å². The molecule has 0 saturated carbocycles. The number of carbonyl (C=O) groups is 1. The molecule has 1 N–H and O–H groups in total. The molecule has 0 unspecified atom stereocenters. The van der Waals surface area contributed by atoms with Gasteiger partial charge in [0.2, 0.25) is 5.91 Å². The van der Waals surface area contributed by atoms with Crippen LogP contribution in [0.1, 0.15) is 5.56 Å². The highest BCUT2D eigenvalue weighted by atomic mass is 32.2. The Bertz CT molecular complexity index is 1180. The number of aryl methyl sites for hydroxylation is 1. The molecule has 31 heavy (non-hydrogen) atoms. The van der Waals surface area contributed by atoms with E-state index in [0.29, 0.717) is 22.7 Å². The maximum atomic E-state index is 12.5.